The van der Waals surface area contributed by atoms with Crippen LogP contribution in [0.5, 0.6) is 11.5 Å². The molecule has 33 heavy (non-hydrogen) atoms. The third-order valence-electron chi connectivity index (χ3n) is 6.37. The number of aromatic nitrogens is 2. The molecule has 0 radical (unpaired) electrons. The Morgan fingerprint density at radius 1 is 1.03 bits per heavy atom. The number of fused-ring (bicyclic) bond motifs is 1. The number of nitrogens with zero attached hydrogens (tertiary/aromatic N) is 4. The second-order valence-corrected chi connectivity index (χ2v) is 8.75. The van der Waals surface area contributed by atoms with Gasteiger partial charge in [-0.25, -0.2) is 9.98 Å². The first-order valence-electron chi connectivity index (χ1n) is 11.2. The van der Waals surface area contributed by atoms with Crippen molar-refractivity contribution in [3.05, 3.63) is 81.8 Å². The molecule has 3 heterocycles. The van der Waals surface area contributed by atoms with Gasteiger partial charge in [0.2, 0.25) is 11.9 Å². The van der Waals surface area contributed by atoms with Crippen LogP contribution in [-0.4, -0.2) is 43.7 Å². The highest BCUT2D eigenvalue weighted by atomic mass is 16.3. The molecule has 0 spiro atoms. The molecule has 5 rings (SSSR count). The van der Waals surface area contributed by atoms with Crippen LogP contribution in [0.2, 0.25) is 0 Å². The zero-order valence-electron chi connectivity index (χ0n) is 18.5. The number of benzene rings is 2. The lowest BCUT2D eigenvalue weighted by molar-refractivity contribution is 0.262. The molecule has 8 nitrogen and oxygen atoms in total. The molecule has 3 aromatic rings. The number of anilines is 1. The van der Waals surface area contributed by atoms with Gasteiger partial charge in [-0.15, -0.1) is 0 Å². The van der Waals surface area contributed by atoms with Crippen LogP contribution in [0.3, 0.4) is 0 Å². The number of hydrogen-bond acceptors (Lipinski definition) is 7. The average Bonchev–Trinajstić information content (AvgIpc) is 2.81. The minimum absolute atomic E-state index is 0.216. The van der Waals surface area contributed by atoms with Crippen LogP contribution in [0.4, 0.5) is 5.95 Å². The summed E-state index contributed by atoms with van der Waals surface area (Å²) < 4.78 is 1.48. The highest BCUT2D eigenvalue weighted by Gasteiger charge is 2.30. The number of nitrogens with one attached hydrogen (secondary N) is 1. The second kappa shape index (κ2) is 8.61. The highest BCUT2D eigenvalue weighted by Crippen LogP contribution is 2.33. The Labute approximate surface area is 191 Å². The molecule has 1 saturated heterocycles. The van der Waals surface area contributed by atoms with Crippen LogP contribution in [-0.2, 0) is 6.42 Å². The Morgan fingerprint density at radius 2 is 1.79 bits per heavy atom. The van der Waals surface area contributed by atoms with Crippen molar-refractivity contribution in [2.75, 3.05) is 18.4 Å². The summed E-state index contributed by atoms with van der Waals surface area (Å²) in [7, 11) is 0. The van der Waals surface area contributed by atoms with E-state index in [0.29, 0.717) is 29.1 Å². The summed E-state index contributed by atoms with van der Waals surface area (Å²) in [5.74, 6) is 1.25. The van der Waals surface area contributed by atoms with Crippen molar-refractivity contribution in [1.82, 2.24) is 14.5 Å². The monoisotopic (exact) mass is 445 g/mol. The molecule has 1 fully saturated rings. The van der Waals surface area contributed by atoms with Crippen LogP contribution in [0.1, 0.15) is 35.8 Å². The van der Waals surface area contributed by atoms with E-state index >= 15 is 0 Å². The first-order valence-corrected chi connectivity index (χ1v) is 11.2. The zero-order valence-corrected chi connectivity index (χ0v) is 18.5. The summed E-state index contributed by atoms with van der Waals surface area (Å²) in [6, 6.07) is 16.5. The number of aliphatic imine (C=N–C) groups is 1. The van der Waals surface area contributed by atoms with Crippen LogP contribution in [0.25, 0.3) is 0 Å². The predicted octanol–water partition coefficient (Wildman–Crippen LogP) is 3.25. The Kier molecular flexibility index (Phi) is 5.50. The van der Waals surface area contributed by atoms with Gasteiger partial charge in [-0.2, -0.15) is 0 Å². The van der Waals surface area contributed by atoms with E-state index < -0.39 is 6.17 Å². The van der Waals surface area contributed by atoms with Crippen molar-refractivity contribution in [1.29, 1.82) is 0 Å². The number of phenolic OH excluding ortho intramolecular Hbond substituents is 2. The predicted molar refractivity (Wildman–Crippen MR) is 127 cm³/mol. The Morgan fingerprint density at radius 3 is 2.52 bits per heavy atom. The minimum atomic E-state index is -0.689. The quantitative estimate of drug-likeness (QED) is 0.535. The molecule has 1 atom stereocenters. The maximum absolute atomic E-state index is 12.8. The normalized spacial score (nSPS) is 18.4. The largest absolute Gasteiger partial charge is 0.504 e. The molecule has 0 unspecified atom stereocenters. The fourth-order valence-electron chi connectivity index (χ4n) is 4.62. The van der Waals surface area contributed by atoms with E-state index in [1.807, 2.05) is 6.07 Å². The van der Waals surface area contributed by atoms with Gasteiger partial charge in [0.15, 0.2) is 17.7 Å². The van der Waals surface area contributed by atoms with Gasteiger partial charge in [0, 0.05) is 30.4 Å². The lowest BCUT2D eigenvalue weighted by Gasteiger charge is -2.37. The maximum atomic E-state index is 12.8. The molecule has 2 aliphatic heterocycles. The smallest absolute Gasteiger partial charge is 0.257 e. The van der Waals surface area contributed by atoms with Crippen LogP contribution >= 0.6 is 0 Å². The SMILES string of the molecule is Cc1cc(=O)n2c(n1)NC(N1CCC(Cc3ccccc3)CC1)=N[C@@H]2c1ccc(O)c(O)c1. The lowest BCUT2D eigenvalue weighted by Crippen LogP contribution is -2.46. The van der Waals surface area contributed by atoms with Crippen LogP contribution in [0.15, 0.2) is 64.4 Å². The van der Waals surface area contributed by atoms with E-state index in [9.17, 15) is 15.0 Å². The fraction of sp³-hybridized carbons (Fsp3) is 0.320. The van der Waals surface area contributed by atoms with Gasteiger partial charge in [-0.05, 0) is 49.8 Å². The van der Waals surface area contributed by atoms with Crippen molar-refractivity contribution >= 4 is 11.9 Å². The van der Waals surface area contributed by atoms with E-state index in [4.69, 9.17) is 4.99 Å². The Hall–Kier alpha value is -3.81. The molecule has 0 aliphatic carbocycles. The van der Waals surface area contributed by atoms with Gasteiger partial charge in [0.05, 0.1) is 0 Å². The first-order chi connectivity index (χ1) is 16.0. The van der Waals surface area contributed by atoms with Gasteiger partial charge in [-0.3, -0.25) is 14.7 Å². The summed E-state index contributed by atoms with van der Waals surface area (Å²) >= 11 is 0. The number of guanidine groups is 1. The number of rotatable bonds is 3. The Bertz CT molecular complexity index is 1250. The molecule has 0 amide bonds. The van der Waals surface area contributed by atoms with Crippen molar-refractivity contribution in [2.24, 2.45) is 10.9 Å². The standard InChI is InChI=1S/C25H27N5O3/c1-16-13-22(33)30-23(19-7-8-20(31)21(32)15-19)27-24(28-25(30)26-16)29-11-9-18(10-12-29)14-17-5-3-2-4-6-17/h2-8,13,15,18,23,31-32H,9-12,14H2,1H3,(H,26,27,28)/t23-/m0/s1. The summed E-state index contributed by atoms with van der Waals surface area (Å²) in [5, 5.41) is 23.0. The summed E-state index contributed by atoms with van der Waals surface area (Å²) in [4.78, 5) is 24.4. The first kappa shape index (κ1) is 21.1. The molecular weight excluding hydrogens is 418 g/mol. The number of aromatic hydroxyl groups is 2. The summed E-state index contributed by atoms with van der Waals surface area (Å²) in [6.45, 7) is 3.49. The summed E-state index contributed by atoms with van der Waals surface area (Å²) in [6.07, 6.45) is 2.48. The molecular formula is C25H27N5O3. The van der Waals surface area contributed by atoms with Crippen molar-refractivity contribution < 1.29 is 10.2 Å². The van der Waals surface area contributed by atoms with E-state index in [1.165, 1.54) is 28.3 Å². The third kappa shape index (κ3) is 4.28. The van der Waals surface area contributed by atoms with Gasteiger partial charge >= 0.3 is 0 Å². The minimum Gasteiger partial charge on any atom is -0.504 e. The second-order valence-electron chi connectivity index (χ2n) is 8.75. The molecule has 0 saturated carbocycles. The average molecular weight is 446 g/mol. The van der Waals surface area contributed by atoms with Gasteiger partial charge in [0.1, 0.15) is 0 Å². The Balaban J connectivity index is 1.41. The van der Waals surface area contributed by atoms with Crippen LogP contribution < -0.4 is 10.9 Å². The van der Waals surface area contributed by atoms with Gasteiger partial charge < -0.3 is 15.1 Å². The fourth-order valence-corrected chi connectivity index (χ4v) is 4.62. The topological polar surface area (TPSA) is 103 Å². The lowest BCUT2D eigenvalue weighted by atomic mass is 9.90. The number of aryl methyl sites for hydroxylation is 1. The number of hydrogen-bond donors (Lipinski definition) is 3. The molecule has 3 N–H and O–H groups in total. The van der Waals surface area contributed by atoms with E-state index in [0.717, 1.165) is 32.4 Å². The van der Waals surface area contributed by atoms with Crippen molar-refractivity contribution in [3.63, 3.8) is 0 Å². The number of likely N-dealkylation sites (tertiary alicyclic amines) is 1. The van der Waals surface area contributed by atoms with Gasteiger partial charge in [0.25, 0.3) is 5.56 Å². The zero-order chi connectivity index (χ0) is 22.9. The molecule has 170 valence electrons. The third-order valence-corrected chi connectivity index (χ3v) is 6.37. The molecule has 1 aromatic heterocycles. The van der Waals surface area contributed by atoms with E-state index in [2.05, 4.69) is 39.5 Å². The van der Waals surface area contributed by atoms with Gasteiger partial charge in [-0.1, -0.05) is 36.4 Å². The summed E-state index contributed by atoms with van der Waals surface area (Å²) in [5.41, 5.74) is 2.35. The van der Waals surface area contributed by atoms with Crippen molar-refractivity contribution in [2.45, 2.75) is 32.4 Å². The number of piperidine rings is 1. The molecule has 2 aromatic carbocycles. The molecule has 0 bridgehead atoms. The van der Waals surface area contributed by atoms with Crippen molar-refractivity contribution in [3.8, 4) is 11.5 Å². The van der Waals surface area contributed by atoms with E-state index in [-0.39, 0.29) is 17.1 Å². The highest BCUT2D eigenvalue weighted by molar-refractivity contribution is 5.93. The number of phenols is 2. The molecule has 2 aliphatic rings. The van der Waals surface area contributed by atoms with Crippen LogP contribution in [0, 0.1) is 12.8 Å². The maximum Gasteiger partial charge on any atom is 0.257 e. The molecule has 8 heteroatoms. The van der Waals surface area contributed by atoms with E-state index in [1.54, 1.807) is 13.0 Å².